The minimum atomic E-state index is -0.304. The summed E-state index contributed by atoms with van der Waals surface area (Å²) >= 11 is 11.8. The summed E-state index contributed by atoms with van der Waals surface area (Å²) in [5.41, 5.74) is -0.304. The fourth-order valence-corrected chi connectivity index (χ4v) is 2.38. The zero-order chi connectivity index (χ0) is 10.8. The van der Waals surface area contributed by atoms with Crippen molar-refractivity contribution in [1.82, 2.24) is 9.97 Å². The summed E-state index contributed by atoms with van der Waals surface area (Å²) in [6.07, 6.45) is 3.45. The van der Waals surface area contributed by atoms with Gasteiger partial charge in [-0.3, -0.25) is 4.79 Å². The first kappa shape index (κ1) is 10.8. The zero-order valence-corrected chi connectivity index (χ0v) is 9.55. The van der Waals surface area contributed by atoms with Crippen LogP contribution >= 0.6 is 23.2 Å². The molecule has 1 atom stereocenters. The molecule has 0 aromatic carbocycles. The molecule has 15 heavy (non-hydrogen) atoms. The van der Waals surface area contributed by atoms with Crippen LogP contribution in [-0.2, 0) is 0 Å². The largest absolute Gasteiger partial charge is 0.351 e. The molecule has 0 spiro atoms. The lowest BCUT2D eigenvalue weighted by Crippen LogP contribution is -2.32. The molecule has 82 valence electrons. The first-order valence-corrected chi connectivity index (χ1v) is 5.71. The average Bonchev–Trinajstić information content (AvgIpc) is 2.70. The van der Waals surface area contributed by atoms with Crippen LogP contribution in [0.2, 0.25) is 5.02 Å². The van der Waals surface area contributed by atoms with E-state index >= 15 is 0 Å². The second-order valence-corrected chi connectivity index (χ2v) is 4.20. The molecule has 1 N–H and O–H groups in total. The van der Waals surface area contributed by atoms with E-state index in [1.54, 1.807) is 0 Å². The van der Waals surface area contributed by atoms with Crippen LogP contribution in [0.3, 0.4) is 0 Å². The maximum Gasteiger partial charge on any atom is 0.271 e. The van der Waals surface area contributed by atoms with Crippen LogP contribution in [0.5, 0.6) is 0 Å². The highest BCUT2D eigenvalue weighted by molar-refractivity contribution is 6.32. The van der Waals surface area contributed by atoms with Crippen molar-refractivity contribution in [3.8, 4) is 0 Å². The summed E-state index contributed by atoms with van der Waals surface area (Å²) in [5, 5.41) is 0.148. The minimum absolute atomic E-state index is 0.148. The van der Waals surface area contributed by atoms with Gasteiger partial charge in [0.15, 0.2) is 5.82 Å². The number of anilines is 1. The van der Waals surface area contributed by atoms with E-state index in [0.717, 1.165) is 19.4 Å². The van der Waals surface area contributed by atoms with Gasteiger partial charge < -0.3 is 9.88 Å². The van der Waals surface area contributed by atoms with E-state index in [2.05, 4.69) is 9.97 Å². The van der Waals surface area contributed by atoms with Crippen molar-refractivity contribution in [1.29, 1.82) is 0 Å². The Hall–Kier alpha value is -0.740. The maximum atomic E-state index is 11.3. The molecule has 1 saturated heterocycles. The molecule has 0 bridgehead atoms. The van der Waals surface area contributed by atoms with Crippen LogP contribution < -0.4 is 10.5 Å². The minimum Gasteiger partial charge on any atom is -0.351 e. The van der Waals surface area contributed by atoms with Crippen molar-refractivity contribution >= 4 is 29.0 Å². The Bertz CT molecular complexity index is 407. The van der Waals surface area contributed by atoms with Gasteiger partial charge in [0.2, 0.25) is 0 Å². The smallest absolute Gasteiger partial charge is 0.271 e. The third-order valence-electron chi connectivity index (χ3n) is 2.61. The van der Waals surface area contributed by atoms with Gasteiger partial charge in [-0.15, -0.1) is 11.6 Å². The van der Waals surface area contributed by atoms with Gasteiger partial charge in [0, 0.05) is 18.5 Å². The second-order valence-electron chi connectivity index (χ2n) is 3.51. The lowest BCUT2D eigenvalue weighted by atomic mass is 10.2. The van der Waals surface area contributed by atoms with E-state index < -0.39 is 0 Å². The van der Waals surface area contributed by atoms with Crippen LogP contribution in [0.4, 0.5) is 5.82 Å². The monoisotopic (exact) mass is 247 g/mol. The molecule has 2 heterocycles. The van der Waals surface area contributed by atoms with Crippen molar-refractivity contribution in [3.63, 3.8) is 0 Å². The number of hydrogen-bond donors (Lipinski definition) is 1. The molecule has 0 saturated carbocycles. The summed E-state index contributed by atoms with van der Waals surface area (Å²) in [6, 6.07) is 0.235. The highest BCUT2D eigenvalue weighted by Gasteiger charge is 2.27. The number of alkyl halides is 1. The predicted octanol–water partition coefficient (Wildman–Crippen LogP) is 1.63. The average molecular weight is 248 g/mol. The molecule has 1 aliphatic rings. The van der Waals surface area contributed by atoms with Gasteiger partial charge >= 0.3 is 0 Å². The first-order chi connectivity index (χ1) is 7.24. The molecular weight excluding hydrogens is 237 g/mol. The molecule has 0 radical (unpaired) electrons. The highest BCUT2D eigenvalue weighted by Crippen LogP contribution is 2.27. The van der Waals surface area contributed by atoms with Gasteiger partial charge in [-0.05, 0) is 12.8 Å². The maximum absolute atomic E-state index is 11.3. The number of rotatable bonds is 2. The highest BCUT2D eigenvalue weighted by atomic mass is 35.5. The number of aromatic amines is 1. The summed E-state index contributed by atoms with van der Waals surface area (Å²) in [7, 11) is 0. The van der Waals surface area contributed by atoms with Crippen molar-refractivity contribution in [2.45, 2.75) is 18.9 Å². The predicted molar refractivity (Wildman–Crippen MR) is 61.0 cm³/mol. The Balaban J connectivity index is 2.36. The third-order valence-corrected chi connectivity index (χ3v) is 3.30. The fourth-order valence-electron chi connectivity index (χ4n) is 1.85. The SMILES string of the molecule is O=c1[nH]cnc(N2CCCC2CCl)c1Cl. The Morgan fingerprint density at radius 2 is 2.47 bits per heavy atom. The molecule has 1 unspecified atom stereocenters. The standard InChI is InChI=1S/C9H11Cl2N3O/c10-4-6-2-1-3-14(6)8-7(11)9(15)13-5-12-8/h5-6H,1-4H2,(H,12,13,15). The molecule has 1 aliphatic heterocycles. The molecule has 6 heteroatoms. The number of nitrogens with zero attached hydrogens (tertiary/aromatic N) is 2. The fraction of sp³-hybridized carbons (Fsp3) is 0.556. The number of nitrogens with one attached hydrogen (secondary N) is 1. The van der Waals surface area contributed by atoms with Crippen LogP contribution in [-0.4, -0.2) is 28.4 Å². The number of aromatic nitrogens is 2. The van der Waals surface area contributed by atoms with Gasteiger partial charge in [0.25, 0.3) is 5.56 Å². The quantitative estimate of drug-likeness (QED) is 0.809. The van der Waals surface area contributed by atoms with Gasteiger partial charge in [0.1, 0.15) is 5.02 Å². The third kappa shape index (κ3) is 1.96. The first-order valence-electron chi connectivity index (χ1n) is 4.80. The topological polar surface area (TPSA) is 49.0 Å². The van der Waals surface area contributed by atoms with Crippen molar-refractivity contribution in [3.05, 3.63) is 21.7 Å². The van der Waals surface area contributed by atoms with Gasteiger partial charge in [-0.1, -0.05) is 11.6 Å². The van der Waals surface area contributed by atoms with Crippen molar-refractivity contribution in [2.75, 3.05) is 17.3 Å². The Kier molecular flexibility index (Phi) is 3.17. The molecule has 1 aromatic rings. The molecule has 0 aliphatic carbocycles. The summed E-state index contributed by atoms with van der Waals surface area (Å²) in [4.78, 5) is 19.8. The van der Waals surface area contributed by atoms with Crippen LogP contribution in [0.15, 0.2) is 11.1 Å². The molecule has 4 nitrogen and oxygen atoms in total. The lowest BCUT2D eigenvalue weighted by Gasteiger charge is -2.24. The Morgan fingerprint density at radius 1 is 1.67 bits per heavy atom. The van der Waals surface area contributed by atoms with Crippen LogP contribution in [0.1, 0.15) is 12.8 Å². The Morgan fingerprint density at radius 3 is 3.20 bits per heavy atom. The molecule has 1 aromatic heterocycles. The van der Waals surface area contributed by atoms with Gasteiger partial charge in [-0.2, -0.15) is 0 Å². The normalized spacial score (nSPS) is 20.9. The molecule has 2 rings (SSSR count). The van der Waals surface area contributed by atoms with E-state index in [0.29, 0.717) is 11.7 Å². The summed E-state index contributed by atoms with van der Waals surface area (Å²) in [6.45, 7) is 0.855. The molecule has 0 amide bonds. The van der Waals surface area contributed by atoms with Gasteiger partial charge in [-0.25, -0.2) is 4.98 Å². The van der Waals surface area contributed by atoms with Crippen molar-refractivity contribution in [2.24, 2.45) is 0 Å². The molecular formula is C9H11Cl2N3O. The molecule has 1 fully saturated rings. The number of hydrogen-bond acceptors (Lipinski definition) is 3. The van der Waals surface area contributed by atoms with Crippen LogP contribution in [0.25, 0.3) is 0 Å². The zero-order valence-electron chi connectivity index (χ0n) is 8.04. The van der Waals surface area contributed by atoms with Crippen molar-refractivity contribution < 1.29 is 0 Å². The number of halogens is 2. The summed E-state index contributed by atoms with van der Waals surface area (Å²) < 4.78 is 0. The van der Waals surface area contributed by atoms with E-state index in [1.807, 2.05) is 4.90 Å². The number of H-pyrrole nitrogens is 1. The van der Waals surface area contributed by atoms with Crippen LogP contribution in [0, 0.1) is 0 Å². The lowest BCUT2D eigenvalue weighted by molar-refractivity contribution is 0.731. The second kappa shape index (κ2) is 4.41. The van der Waals surface area contributed by atoms with E-state index in [4.69, 9.17) is 23.2 Å². The van der Waals surface area contributed by atoms with Gasteiger partial charge in [0.05, 0.1) is 6.33 Å². The summed E-state index contributed by atoms with van der Waals surface area (Å²) in [5.74, 6) is 1.08. The Labute approximate surface area is 97.2 Å². The van der Waals surface area contributed by atoms with E-state index in [9.17, 15) is 4.79 Å². The van der Waals surface area contributed by atoms with E-state index in [-0.39, 0.29) is 16.6 Å². The van der Waals surface area contributed by atoms with E-state index in [1.165, 1.54) is 6.33 Å².